The van der Waals surface area contributed by atoms with Crippen molar-refractivity contribution in [3.8, 4) is 0 Å². The molecule has 6 heteroatoms. The Morgan fingerprint density at radius 1 is 1.21 bits per heavy atom. The van der Waals surface area contributed by atoms with E-state index in [-0.39, 0.29) is 12.2 Å². The molecule has 0 aliphatic rings. The molecule has 14 heavy (non-hydrogen) atoms. The number of carbonyl (C=O) groups is 3. The molecule has 80 valence electrons. The Balaban J connectivity index is 4.30. The molecule has 0 heterocycles. The summed E-state index contributed by atoms with van der Waals surface area (Å²) >= 11 is 0. The van der Waals surface area contributed by atoms with Crippen LogP contribution in [-0.2, 0) is 14.4 Å². The van der Waals surface area contributed by atoms with Crippen LogP contribution in [0.1, 0.15) is 20.3 Å². The first-order valence-corrected chi connectivity index (χ1v) is 4.05. The standard InChI is InChI=1S/C8H13NO5/c1-4(10)3-6(8(13)14)9-5(2)7(11)12/h5-6,9H,3H2,1-2H3,(H,11,12)(H,13,14). The van der Waals surface area contributed by atoms with Crippen LogP contribution in [0, 0.1) is 0 Å². The van der Waals surface area contributed by atoms with Gasteiger partial charge in [-0.15, -0.1) is 0 Å². The molecule has 3 N–H and O–H groups in total. The van der Waals surface area contributed by atoms with Gasteiger partial charge in [-0.1, -0.05) is 0 Å². The number of carboxylic acid groups (broad SMARTS) is 2. The largest absolute Gasteiger partial charge is 0.480 e. The van der Waals surface area contributed by atoms with E-state index in [0.717, 1.165) is 0 Å². The monoisotopic (exact) mass is 203 g/mol. The second-order valence-corrected chi connectivity index (χ2v) is 3.02. The van der Waals surface area contributed by atoms with Crippen molar-refractivity contribution in [3.05, 3.63) is 0 Å². The van der Waals surface area contributed by atoms with E-state index in [1.165, 1.54) is 13.8 Å². The van der Waals surface area contributed by atoms with Gasteiger partial charge in [0.05, 0.1) is 0 Å². The number of hydrogen-bond acceptors (Lipinski definition) is 4. The highest BCUT2D eigenvalue weighted by Gasteiger charge is 2.23. The lowest BCUT2D eigenvalue weighted by Gasteiger charge is -2.15. The summed E-state index contributed by atoms with van der Waals surface area (Å²) in [6.07, 6.45) is -0.215. The van der Waals surface area contributed by atoms with Crippen molar-refractivity contribution in [1.29, 1.82) is 0 Å². The van der Waals surface area contributed by atoms with Crippen LogP contribution in [-0.4, -0.2) is 40.0 Å². The van der Waals surface area contributed by atoms with Crippen molar-refractivity contribution < 1.29 is 24.6 Å². The molecule has 0 rings (SSSR count). The van der Waals surface area contributed by atoms with Gasteiger partial charge in [-0.25, -0.2) is 0 Å². The quantitative estimate of drug-likeness (QED) is 0.536. The zero-order chi connectivity index (χ0) is 11.3. The number of Topliss-reactive ketones (excluding diaryl/α,β-unsaturated/α-hetero) is 1. The summed E-state index contributed by atoms with van der Waals surface area (Å²) in [4.78, 5) is 31.6. The van der Waals surface area contributed by atoms with E-state index in [2.05, 4.69) is 5.32 Å². The normalized spacial score (nSPS) is 14.4. The maximum atomic E-state index is 10.7. The van der Waals surface area contributed by atoms with Gasteiger partial charge in [0.25, 0.3) is 0 Å². The van der Waals surface area contributed by atoms with Crippen LogP contribution in [0.5, 0.6) is 0 Å². The highest BCUT2D eigenvalue weighted by molar-refractivity contribution is 5.85. The van der Waals surface area contributed by atoms with Crippen molar-refractivity contribution in [2.45, 2.75) is 32.4 Å². The molecule has 0 spiro atoms. The molecule has 0 saturated carbocycles. The molecule has 6 nitrogen and oxygen atoms in total. The van der Waals surface area contributed by atoms with E-state index in [4.69, 9.17) is 10.2 Å². The van der Waals surface area contributed by atoms with Gasteiger partial charge in [0.1, 0.15) is 17.9 Å². The fraction of sp³-hybridized carbons (Fsp3) is 0.625. The Bertz CT molecular complexity index is 250. The minimum absolute atomic E-state index is 0.215. The van der Waals surface area contributed by atoms with Gasteiger partial charge >= 0.3 is 11.9 Å². The number of carboxylic acids is 2. The van der Waals surface area contributed by atoms with Crippen molar-refractivity contribution >= 4 is 17.7 Å². The number of nitrogens with one attached hydrogen (secondary N) is 1. The number of hydrogen-bond donors (Lipinski definition) is 3. The van der Waals surface area contributed by atoms with E-state index >= 15 is 0 Å². The third-order valence-electron chi connectivity index (χ3n) is 1.61. The Morgan fingerprint density at radius 3 is 2.00 bits per heavy atom. The first-order valence-electron chi connectivity index (χ1n) is 4.05. The van der Waals surface area contributed by atoms with Crippen LogP contribution in [0.4, 0.5) is 0 Å². The van der Waals surface area contributed by atoms with Gasteiger partial charge < -0.3 is 10.2 Å². The Morgan fingerprint density at radius 2 is 1.71 bits per heavy atom. The van der Waals surface area contributed by atoms with Gasteiger partial charge in [0, 0.05) is 6.42 Å². The fourth-order valence-electron chi connectivity index (χ4n) is 0.878. The smallest absolute Gasteiger partial charge is 0.321 e. The van der Waals surface area contributed by atoms with Crippen molar-refractivity contribution in [2.75, 3.05) is 0 Å². The molecule has 0 bridgehead atoms. The lowest BCUT2D eigenvalue weighted by atomic mass is 10.1. The lowest BCUT2D eigenvalue weighted by molar-refractivity contribution is -0.143. The maximum absolute atomic E-state index is 10.7. The molecule has 2 unspecified atom stereocenters. The summed E-state index contributed by atoms with van der Waals surface area (Å²) in [6, 6.07) is -2.13. The van der Waals surface area contributed by atoms with Gasteiger partial charge in [0.2, 0.25) is 0 Å². The molecular weight excluding hydrogens is 190 g/mol. The van der Waals surface area contributed by atoms with Gasteiger partial charge in [-0.3, -0.25) is 19.7 Å². The summed E-state index contributed by atoms with van der Waals surface area (Å²) in [5.41, 5.74) is 0. The average Bonchev–Trinajstić information content (AvgIpc) is 2.01. The molecule has 2 atom stereocenters. The van der Waals surface area contributed by atoms with Crippen LogP contribution < -0.4 is 5.32 Å². The van der Waals surface area contributed by atoms with E-state index in [1.54, 1.807) is 0 Å². The second-order valence-electron chi connectivity index (χ2n) is 3.02. The fourth-order valence-corrected chi connectivity index (χ4v) is 0.878. The predicted molar refractivity (Wildman–Crippen MR) is 47.0 cm³/mol. The molecule has 0 aromatic carbocycles. The van der Waals surface area contributed by atoms with E-state index in [1.807, 2.05) is 0 Å². The third-order valence-corrected chi connectivity index (χ3v) is 1.61. The average molecular weight is 203 g/mol. The molecule has 0 fully saturated rings. The summed E-state index contributed by atoms with van der Waals surface area (Å²) in [6.45, 7) is 2.57. The zero-order valence-corrected chi connectivity index (χ0v) is 7.98. The summed E-state index contributed by atoms with van der Waals surface area (Å²) in [5, 5.41) is 19.5. The van der Waals surface area contributed by atoms with Crippen LogP contribution in [0.3, 0.4) is 0 Å². The molecule has 0 aliphatic heterocycles. The predicted octanol–water partition coefficient (Wildman–Crippen LogP) is -0.519. The molecule has 0 radical (unpaired) electrons. The third kappa shape index (κ3) is 4.56. The SMILES string of the molecule is CC(=O)CC(NC(C)C(=O)O)C(=O)O. The number of carbonyl (C=O) groups excluding carboxylic acids is 1. The minimum Gasteiger partial charge on any atom is -0.480 e. The Labute approximate surface area is 80.9 Å². The molecule has 0 amide bonds. The van der Waals surface area contributed by atoms with Crippen molar-refractivity contribution in [2.24, 2.45) is 0 Å². The summed E-state index contributed by atoms with van der Waals surface area (Å²) < 4.78 is 0. The molecule has 0 saturated heterocycles. The lowest BCUT2D eigenvalue weighted by Crippen LogP contribution is -2.46. The van der Waals surface area contributed by atoms with E-state index in [0.29, 0.717) is 0 Å². The number of aliphatic carboxylic acids is 2. The van der Waals surface area contributed by atoms with Crippen LogP contribution >= 0.6 is 0 Å². The minimum atomic E-state index is -1.23. The molecule has 0 aromatic rings. The Kier molecular flexibility index (Phi) is 4.79. The highest BCUT2D eigenvalue weighted by Crippen LogP contribution is 1.96. The van der Waals surface area contributed by atoms with Crippen LogP contribution in [0.25, 0.3) is 0 Å². The molecule has 0 aliphatic carbocycles. The second kappa shape index (κ2) is 5.33. The highest BCUT2D eigenvalue weighted by atomic mass is 16.4. The van der Waals surface area contributed by atoms with Gasteiger partial charge in [-0.2, -0.15) is 0 Å². The van der Waals surface area contributed by atoms with Crippen molar-refractivity contribution in [1.82, 2.24) is 5.32 Å². The van der Waals surface area contributed by atoms with Crippen molar-refractivity contribution in [3.63, 3.8) is 0 Å². The summed E-state index contributed by atoms with van der Waals surface area (Å²) in [5.74, 6) is -2.68. The maximum Gasteiger partial charge on any atom is 0.321 e. The number of ketones is 1. The summed E-state index contributed by atoms with van der Waals surface area (Å²) in [7, 11) is 0. The zero-order valence-electron chi connectivity index (χ0n) is 7.98. The number of rotatable bonds is 6. The first kappa shape index (κ1) is 12.6. The van der Waals surface area contributed by atoms with E-state index in [9.17, 15) is 14.4 Å². The van der Waals surface area contributed by atoms with Gasteiger partial charge in [-0.05, 0) is 13.8 Å². The van der Waals surface area contributed by atoms with E-state index < -0.39 is 24.0 Å². The molecular formula is C8H13NO5. The van der Waals surface area contributed by atoms with Gasteiger partial charge in [0.15, 0.2) is 0 Å². The Hall–Kier alpha value is -1.43. The topological polar surface area (TPSA) is 104 Å². The first-order chi connectivity index (χ1) is 6.34. The van der Waals surface area contributed by atoms with Crippen LogP contribution in [0.15, 0.2) is 0 Å². The molecule has 0 aromatic heterocycles. The van der Waals surface area contributed by atoms with Crippen LogP contribution in [0.2, 0.25) is 0 Å².